The van der Waals surface area contributed by atoms with Crippen LogP contribution in [-0.2, 0) is 0 Å². The molecule has 112 valence electrons. The third-order valence-corrected chi connectivity index (χ3v) is 5.09. The fourth-order valence-corrected chi connectivity index (χ4v) is 3.54. The van der Waals surface area contributed by atoms with Gasteiger partial charge in [0.05, 0.1) is 0 Å². The molecule has 1 heterocycles. The molecule has 1 N–H and O–H groups in total. The third kappa shape index (κ3) is 3.93. The van der Waals surface area contributed by atoms with Crippen LogP contribution in [0.3, 0.4) is 0 Å². The maximum Gasteiger partial charge on any atom is 0.0218 e. The van der Waals surface area contributed by atoms with Gasteiger partial charge in [-0.3, -0.25) is 4.90 Å². The Morgan fingerprint density at radius 3 is 2.58 bits per heavy atom. The van der Waals surface area contributed by atoms with Crippen LogP contribution in [0.4, 0.5) is 0 Å². The standard InChI is InChI=1S/C16H33N3/c1-5-15-12-19(9-8-18(15)4)16-7-6-14(16)11-17-10-13(2)3/h13-17H,5-12H2,1-4H3. The Morgan fingerprint density at radius 2 is 2.00 bits per heavy atom. The van der Waals surface area contributed by atoms with Crippen LogP contribution in [0.2, 0.25) is 0 Å². The summed E-state index contributed by atoms with van der Waals surface area (Å²) in [6.07, 6.45) is 4.14. The van der Waals surface area contributed by atoms with Crippen LogP contribution in [0.25, 0.3) is 0 Å². The topological polar surface area (TPSA) is 18.5 Å². The fourth-order valence-electron chi connectivity index (χ4n) is 3.54. The molecule has 0 aromatic heterocycles. The van der Waals surface area contributed by atoms with E-state index in [1.807, 2.05) is 0 Å². The van der Waals surface area contributed by atoms with E-state index >= 15 is 0 Å². The molecule has 0 aromatic carbocycles. The van der Waals surface area contributed by atoms with E-state index in [1.54, 1.807) is 0 Å². The summed E-state index contributed by atoms with van der Waals surface area (Å²) in [5.41, 5.74) is 0. The van der Waals surface area contributed by atoms with Crippen molar-refractivity contribution in [2.75, 3.05) is 39.8 Å². The first kappa shape index (κ1) is 15.3. The first-order valence-electron chi connectivity index (χ1n) is 8.26. The van der Waals surface area contributed by atoms with Gasteiger partial charge < -0.3 is 10.2 Å². The van der Waals surface area contributed by atoms with Gasteiger partial charge in [-0.1, -0.05) is 20.8 Å². The van der Waals surface area contributed by atoms with Gasteiger partial charge in [0.2, 0.25) is 0 Å². The number of piperazine rings is 1. The van der Waals surface area contributed by atoms with Crippen LogP contribution in [0.1, 0.15) is 40.0 Å². The Labute approximate surface area is 119 Å². The maximum atomic E-state index is 3.65. The Hall–Kier alpha value is -0.120. The summed E-state index contributed by atoms with van der Waals surface area (Å²) in [4.78, 5) is 5.32. The van der Waals surface area contributed by atoms with Gasteiger partial charge in [0.15, 0.2) is 0 Å². The number of nitrogens with one attached hydrogen (secondary N) is 1. The largest absolute Gasteiger partial charge is 0.316 e. The zero-order valence-corrected chi connectivity index (χ0v) is 13.4. The van der Waals surface area contributed by atoms with Crippen LogP contribution in [0, 0.1) is 11.8 Å². The molecule has 3 atom stereocenters. The predicted molar refractivity (Wildman–Crippen MR) is 82.5 cm³/mol. The number of nitrogens with zero attached hydrogens (tertiary/aromatic N) is 2. The minimum atomic E-state index is 0.770. The molecule has 1 saturated heterocycles. The maximum absolute atomic E-state index is 3.65. The lowest BCUT2D eigenvalue weighted by molar-refractivity contribution is 0.00138. The van der Waals surface area contributed by atoms with E-state index in [1.165, 1.54) is 52.0 Å². The minimum Gasteiger partial charge on any atom is -0.316 e. The summed E-state index contributed by atoms with van der Waals surface area (Å²) >= 11 is 0. The summed E-state index contributed by atoms with van der Waals surface area (Å²) in [5.74, 6) is 1.67. The molecule has 0 amide bonds. The van der Waals surface area contributed by atoms with Crippen LogP contribution >= 0.6 is 0 Å². The van der Waals surface area contributed by atoms with Crippen molar-refractivity contribution in [3.63, 3.8) is 0 Å². The lowest BCUT2D eigenvalue weighted by atomic mass is 9.77. The van der Waals surface area contributed by atoms with Crippen molar-refractivity contribution in [3.8, 4) is 0 Å². The molecule has 0 bridgehead atoms. The molecule has 0 radical (unpaired) electrons. The number of rotatable bonds is 6. The Kier molecular flexibility index (Phi) is 5.67. The second-order valence-electron chi connectivity index (χ2n) is 6.99. The first-order valence-corrected chi connectivity index (χ1v) is 8.26. The molecule has 1 aliphatic heterocycles. The third-order valence-electron chi connectivity index (χ3n) is 5.09. The van der Waals surface area contributed by atoms with Crippen molar-refractivity contribution in [1.82, 2.24) is 15.1 Å². The van der Waals surface area contributed by atoms with E-state index < -0.39 is 0 Å². The van der Waals surface area contributed by atoms with Crippen molar-refractivity contribution in [2.24, 2.45) is 11.8 Å². The summed E-state index contributed by atoms with van der Waals surface area (Å²) < 4.78 is 0. The molecule has 0 spiro atoms. The molecule has 3 nitrogen and oxygen atoms in total. The van der Waals surface area contributed by atoms with Crippen LogP contribution in [0.15, 0.2) is 0 Å². The van der Waals surface area contributed by atoms with Gasteiger partial charge in [-0.25, -0.2) is 0 Å². The van der Waals surface area contributed by atoms with Crippen molar-refractivity contribution < 1.29 is 0 Å². The van der Waals surface area contributed by atoms with Gasteiger partial charge in [-0.15, -0.1) is 0 Å². The normalized spacial score (nSPS) is 33.6. The molecule has 1 saturated carbocycles. The average molecular weight is 267 g/mol. The summed E-state index contributed by atoms with van der Waals surface area (Å²) in [7, 11) is 2.29. The van der Waals surface area contributed by atoms with Crippen LogP contribution in [-0.4, -0.2) is 61.7 Å². The van der Waals surface area contributed by atoms with E-state index in [0.717, 1.165) is 23.9 Å². The van der Waals surface area contributed by atoms with Crippen LogP contribution in [0.5, 0.6) is 0 Å². The number of likely N-dealkylation sites (N-methyl/N-ethyl adjacent to an activating group) is 1. The zero-order valence-electron chi connectivity index (χ0n) is 13.4. The highest BCUT2D eigenvalue weighted by Gasteiger charge is 2.37. The molecule has 2 aliphatic rings. The highest BCUT2D eigenvalue weighted by Crippen LogP contribution is 2.33. The quantitative estimate of drug-likeness (QED) is 0.794. The molecule has 3 heteroatoms. The highest BCUT2D eigenvalue weighted by molar-refractivity contribution is 4.93. The Balaban J connectivity index is 1.75. The molecule has 19 heavy (non-hydrogen) atoms. The van der Waals surface area contributed by atoms with Gasteiger partial charge in [0.25, 0.3) is 0 Å². The lowest BCUT2D eigenvalue weighted by Gasteiger charge is -2.49. The van der Waals surface area contributed by atoms with E-state index in [-0.39, 0.29) is 0 Å². The van der Waals surface area contributed by atoms with Gasteiger partial charge in [-0.05, 0) is 51.2 Å². The molecule has 2 fully saturated rings. The van der Waals surface area contributed by atoms with Crippen molar-refractivity contribution in [3.05, 3.63) is 0 Å². The van der Waals surface area contributed by atoms with Crippen molar-refractivity contribution in [2.45, 2.75) is 52.1 Å². The van der Waals surface area contributed by atoms with E-state index in [4.69, 9.17) is 0 Å². The van der Waals surface area contributed by atoms with Crippen molar-refractivity contribution >= 4 is 0 Å². The summed E-state index contributed by atoms with van der Waals surface area (Å²) in [5, 5.41) is 3.65. The van der Waals surface area contributed by atoms with Gasteiger partial charge in [-0.2, -0.15) is 0 Å². The van der Waals surface area contributed by atoms with E-state index in [2.05, 4.69) is 42.9 Å². The van der Waals surface area contributed by atoms with Gasteiger partial charge in [0.1, 0.15) is 0 Å². The molecule has 0 aromatic rings. The minimum absolute atomic E-state index is 0.770. The van der Waals surface area contributed by atoms with Crippen LogP contribution < -0.4 is 5.32 Å². The number of hydrogen-bond donors (Lipinski definition) is 1. The molecule has 2 rings (SSSR count). The highest BCUT2D eigenvalue weighted by atomic mass is 15.3. The Morgan fingerprint density at radius 1 is 1.21 bits per heavy atom. The Bertz CT molecular complexity index is 267. The smallest absolute Gasteiger partial charge is 0.0218 e. The second kappa shape index (κ2) is 7.05. The lowest BCUT2D eigenvalue weighted by Crippen LogP contribution is -2.59. The molecule has 1 aliphatic carbocycles. The zero-order chi connectivity index (χ0) is 13.8. The van der Waals surface area contributed by atoms with Gasteiger partial charge in [0, 0.05) is 31.7 Å². The first-order chi connectivity index (χ1) is 9.11. The number of hydrogen-bond acceptors (Lipinski definition) is 3. The molecular weight excluding hydrogens is 234 g/mol. The second-order valence-corrected chi connectivity index (χ2v) is 6.99. The fraction of sp³-hybridized carbons (Fsp3) is 1.00. The summed E-state index contributed by atoms with van der Waals surface area (Å²) in [6.45, 7) is 13.1. The van der Waals surface area contributed by atoms with E-state index in [9.17, 15) is 0 Å². The molecular formula is C16H33N3. The van der Waals surface area contributed by atoms with Crippen molar-refractivity contribution in [1.29, 1.82) is 0 Å². The van der Waals surface area contributed by atoms with E-state index in [0.29, 0.717) is 0 Å². The van der Waals surface area contributed by atoms with Gasteiger partial charge >= 0.3 is 0 Å². The SMILES string of the molecule is CCC1CN(C2CCC2CNCC(C)C)CCN1C. The monoisotopic (exact) mass is 267 g/mol. The molecule has 3 unspecified atom stereocenters. The predicted octanol–water partition coefficient (Wildman–Crippen LogP) is 2.04. The average Bonchev–Trinajstić information content (AvgIpc) is 2.35. The summed E-state index contributed by atoms with van der Waals surface area (Å²) in [6, 6.07) is 1.64.